The van der Waals surface area contributed by atoms with Gasteiger partial charge in [0.25, 0.3) is 0 Å². The smallest absolute Gasteiger partial charge is 0.407 e. The number of alkyl carbamates (subject to hydrolysis) is 1. The zero-order chi connectivity index (χ0) is 17.0. The number of ether oxygens (including phenoxy) is 1. The minimum Gasteiger partial charge on any atom is -0.476 e. The summed E-state index contributed by atoms with van der Waals surface area (Å²) < 4.78 is 6.83. The van der Waals surface area contributed by atoms with Crippen LogP contribution in [0.25, 0.3) is 0 Å². The first-order chi connectivity index (χ1) is 10.8. The lowest BCUT2D eigenvalue weighted by atomic mass is 9.95. The van der Waals surface area contributed by atoms with Crippen LogP contribution in [0.2, 0.25) is 0 Å². The maximum atomic E-state index is 11.8. The van der Waals surface area contributed by atoms with Crippen molar-refractivity contribution in [3.63, 3.8) is 0 Å². The van der Waals surface area contributed by atoms with E-state index in [0.717, 1.165) is 25.7 Å². The monoisotopic (exact) mass is 324 g/mol. The Morgan fingerprint density at radius 2 is 1.96 bits per heavy atom. The molecule has 0 bridgehead atoms. The van der Waals surface area contributed by atoms with Gasteiger partial charge in [-0.1, -0.05) is 24.5 Å². The molecule has 1 heterocycles. The number of aromatic nitrogens is 3. The van der Waals surface area contributed by atoms with Gasteiger partial charge in [0.2, 0.25) is 0 Å². The lowest BCUT2D eigenvalue weighted by Gasteiger charge is -2.24. The summed E-state index contributed by atoms with van der Waals surface area (Å²) in [7, 11) is 0. The first-order valence-electron chi connectivity index (χ1n) is 7.92. The van der Waals surface area contributed by atoms with Gasteiger partial charge in [-0.3, -0.25) is 0 Å². The molecule has 1 aliphatic carbocycles. The summed E-state index contributed by atoms with van der Waals surface area (Å²) in [6, 6.07) is 0.139. The van der Waals surface area contributed by atoms with Crippen molar-refractivity contribution >= 4 is 12.1 Å². The maximum absolute atomic E-state index is 11.8. The average Bonchev–Trinajstić information content (AvgIpc) is 2.88. The summed E-state index contributed by atoms with van der Waals surface area (Å²) >= 11 is 0. The topological polar surface area (TPSA) is 106 Å². The molecule has 0 aromatic carbocycles. The van der Waals surface area contributed by atoms with E-state index >= 15 is 0 Å². The molecule has 1 aromatic rings. The molecule has 0 aliphatic heterocycles. The number of carbonyl (C=O) groups excluding carboxylic acids is 1. The second kappa shape index (κ2) is 6.97. The quantitative estimate of drug-likeness (QED) is 0.881. The van der Waals surface area contributed by atoms with E-state index in [0.29, 0.717) is 5.69 Å². The molecular weight excluding hydrogens is 300 g/mol. The zero-order valence-electron chi connectivity index (χ0n) is 13.8. The van der Waals surface area contributed by atoms with Gasteiger partial charge in [0, 0.05) is 0 Å². The first-order valence-corrected chi connectivity index (χ1v) is 7.92. The molecule has 0 atom stereocenters. The van der Waals surface area contributed by atoms with E-state index in [1.54, 1.807) is 25.5 Å². The Kier molecular flexibility index (Phi) is 5.23. The number of carboxylic acid groups (broad SMARTS) is 1. The fraction of sp³-hybridized carbons (Fsp3) is 0.733. The van der Waals surface area contributed by atoms with Gasteiger partial charge < -0.3 is 15.2 Å². The summed E-state index contributed by atoms with van der Waals surface area (Å²) in [5.41, 5.74) is -0.316. The van der Waals surface area contributed by atoms with E-state index in [1.807, 2.05) is 0 Å². The van der Waals surface area contributed by atoms with E-state index in [-0.39, 0.29) is 18.3 Å². The summed E-state index contributed by atoms with van der Waals surface area (Å²) in [6.07, 6.45) is 4.66. The molecular formula is C15H24N4O4. The van der Waals surface area contributed by atoms with Crippen molar-refractivity contribution in [3.05, 3.63) is 11.4 Å². The number of nitrogens with zero attached hydrogens (tertiary/aromatic N) is 3. The van der Waals surface area contributed by atoms with Crippen molar-refractivity contribution in [2.24, 2.45) is 0 Å². The highest BCUT2D eigenvalue weighted by Crippen LogP contribution is 2.29. The number of aromatic carboxylic acids is 1. The van der Waals surface area contributed by atoms with E-state index in [2.05, 4.69) is 15.6 Å². The molecule has 8 nitrogen and oxygen atoms in total. The van der Waals surface area contributed by atoms with Crippen molar-refractivity contribution in [1.29, 1.82) is 0 Å². The summed E-state index contributed by atoms with van der Waals surface area (Å²) in [5, 5.41) is 19.6. The predicted octanol–water partition coefficient (Wildman–Crippen LogP) is 2.51. The van der Waals surface area contributed by atoms with Gasteiger partial charge in [-0.25, -0.2) is 14.3 Å². The highest BCUT2D eigenvalue weighted by atomic mass is 16.6. The zero-order valence-corrected chi connectivity index (χ0v) is 13.8. The SMILES string of the molecule is CC(C)(C)OC(=O)NCc1c(C(=O)O)nnn1C1CCCCC1. The highest BCUT2D eigenvalue weighted by molar-refractivity contribution is 5.86. The number of carboxylic acids is 1. The van der Waals surface area contributed by atoms with E-state index in [4.69, 9.17) is 4.74 Å². The van der Waals surface area contributed by atoms with Gasteiger partial charge in [0.05, 0.1) is 18.3 Å². The number of hydrogen-bond acceptors (Lipinski definition) is 5. The minimum atomic E-state index is -1.15. The summed E-state index contributed by atoms with van der Waals surface area (Å²) in [5.74, 6) is -1.15. The minimum absolute atomic E-state index is 0.0278. The van der Waals surface area contributed by atoms with Gasteiger partial charge in [-0.05, 0) is 33.6 Å². The lowest BCUT2D eigenvalue weighted by Crippen LogP contribution is -2.33. The van der Waals surface area contributed by atoms with Crippen LogP contribution in [0.15, 0.2) is 0 Å². The van der Waals surface area contributed by atoms with Crippen LogP contribution in [0.5, 0.6) is 0 Å². The molecule has 1 fully saturated rings. The van der Waals surface area contributed by atoms with E-state index in [9.17, 15) is 14.7 Å². The van der Waals surface area contributed by atoms with Crippen LogP contribution < -0.4 is 5.32 Å². The molecule has 0 unspecified atom stereocenters. The Morgan fingerprint density at radius 1 is 1.30 bits per heavy atom. The van der Waals surface area contributed by atoms with Crippen molar-refractivity contribution in [3.8, 4) is 0 Å². The van der Waals surface area contributed by atoms with Crippen LogP contribution in [0.4, 0.5) is 4.79 Å². The molecule has 2 rings (SSSR count). The third kappa shape index (κ3) is 4.67. The number of amides is 1. The Balaban J connectivity index is 2.13. The molecule has 128 valence electrons. The largest absolute Gasteiger partial charge is 0.476 e. The van der Waals surface area contributed by atoms with Crippen LogP contribution in [0.3, 0.4) is 0 Å². The van der Waals surface area contributed by atoms with Crippen LogP contribution in [-0.4, -0.2) is 37.8 Å². The second-order valence-electron chi connectivity index (χ2n) is 6.78. The van der Waals surface area contributed by atoms with Crippen LogP contribution in [0, 0.1) is 0 Å². The molecule has 0 saturated heterocycles. The van der Waals surface area contributed by atoms with Crippen molar-refractivity contribution in [2.45, 2.75) is 71.1 Å². The molecule has 0 spiro atoms. The third-order valence-corrected chi connectivity index (χ3v) is 3.71. The van der Waals surface area contributed by atoms with Crippen molar-refractivity contribution < 1.29 is 19.4 Å². The third-order valence-electron chi connectivity index (χ3n) is 3.71. The lowest BCUT2D eigenvalue weighted by molar-refractivity contribution is 0.0518. The first kappa shape index (κ1) is 17.2. The number of nitrogens with one attached hydrogen (secondary N) is 1. The van der Waals surface area contributed by atoms with Crippen molar-refractivity contribution in [2.75, 3.05) is 0 Å². The molecule has 8 heteroatoms. The number of hydrogen-bond donors (Lipinski definition) is 2. The van der Waals surface area contributed by atoms with Gasteiger partial charge in [0.1, 0.15) is 5.60 Å². The Hall–Kier alpha value is -2.12. The maximum Gasteiger partial charge on any atom is 0.407 e. The van der Waals surface area contributed by atoms with Gasteiger partial charge in [0.15, 0.2) is 5.69 Å². The fourth-order valence-electron chi connectivity index (χ4n) is 2.73. The normalized spacial score (nSPS) is 16.1. The molecule has 0 radical (unpaired) electrons. The van der Waals surface area contributed by atoms with Gasteiger partial charge in [-0.15, -0.1) is 5.10 Å². The van der Waals surface area contributed by atoms with Crippen LogP contribution in [0.1, 0.15) is 75.1 Å². The van der Waals surface area contributed by atoms with Crippen LogP contribution >= 0.6 is 0 Å². The molecule has 1 saturated carbocycles. The van der Waals surface area contributed by atoms with Gasteiger partial charge >= 0.3 is 12.1 Å². The molecule has 2 N–H and O–H groups in total. The molecule has 1 aromatic heterocycles. The molecule has 1 amide bonds. The van der Waals surface area contributed by atoms with E-state index < -0.39 is 17.7 Å². The standard InChI is InChI=1S/C15H24N4O4/c1-15(2,3)23-14(22)16-9-11-12(13(20)21)17-18-19(11)10-7-5-4-6-8-10/h10H,4-9H2,1-3H3,(H,16,22)(H,20,21). The highest BCUT2D eigenvalue weighted by Gasteiger charge is 2.26. The summed E-state index contributed by atoms with van der Waals surface area (Å²) in [4.78, 5) is 23.1. The fourth-order valence-corrected chi connectivity index (χ4v) is 2.73. The van der Waals surface area contributed by atoms with Crippen LogP contribution in [-0.2, 0) is 11.3 Å². The molecule has 23 heavy (non-hydrogen) atoms. The summed E-state index contributed by atoms with van der Waals surface area (Å²) in [6.45, 7) is 5.33. The average molecular weight is 324 g/mol. The predicted molar refractivity (Wildman–Crippen MR) is 82.2 cm³/mol. The number of rotatable bonds is 4. The second-order valence-corrected chi connectivity index (χ2v) is 6.78. The molecule has 1 aliphatic rings. The van der Waals surface area contributed by atoms with Gasteiger partial charge in [-0.2, -0.15) is 0 Å². The Labute approximate surface area is 135 Å². The van der Waals surface area contributed by atoms with E-state index in [1.165, 1.54) is 6.42 Å². The Bertz CT molecular complexity index is 571. The Morgan fingerprint density at radius 3 is 2.52 bits per heavy atom. The van der Waals surface area contributed by atoms with Crippen molar-refractivity contribution in [1.82, 2.24) is 20.3 Å². The number of carbonyl (C=O) groups is 2.